The van der Waals surface area contributed by atoms with Gasteiger partial charge in [-0.25, -0.2) is 0 Å². The van der Waals surface area contributed by atoms with Crippen LogP contribution in [0.1, 0.15) is 33.6 Å². The van der Waals surface area contributed by atoms with Gasteiger partial charge in [0.05, 0.1) is 6.61 Å². The molecule has 4 heteroatoms. The number of hydrogen-bond donors (Lipinski definition) is 1. The molecule has 3 unspecified atom stereocenters. The topological polar surface area (TPSA) is 47.6 Å². The standard InChI is InChI=1S/C10H19NO3/c1-4-7(2)5-9-11-10(6-13-9)14-8(3)12/h7,9-11H,4-6H2,1-3H3. The van der Waals surface area contributed by atoms with Crippen molar-refractivity contribution in [2.75, 3.05) is 6.61 Å². The first kappa shape index (κ1) is 11.5. The number of carbonyl (C=O) groups is 1. The lowest BCUT2D eigenvalue weighted by atomic mass is 10.0. The van der Waals surface area contributed by atoms with Crippen molar-refractivity contribution in [2.24, 2.45) is 5.92 Å². The van der Waals surface area contributed by atoms with Crippen LogP contribution in [0.25, 0.3) is 0 Å². The normalized spacial score (nSPS) is 28.8. The Kier molecular flexibility index (Phi) is 4.35. The summed E-state index contributed by atoms with van der Waals surface area (Å²) in [5.74, 6) is 0.360. The lowest BCUT2D eigenvalue weighted by molar-refractivity contribution is -0.147. The van der Waals surface area contributed by atoms with Gasteiger partial charge in [0.1, 0.15) is 6.23 Å². The van der Waals surface area contributed by atoms with Gasteiger partial charge in [0.25, 0.3) is 0 Å². The van der Waals surface area contributed by atoms with Crippen LogP contribution in [-0.4, -0.2) is 25.0 Å². The van der Waals surface area contributed by atoms with Crippen LogP contribution >= 0.6 is 0 Å². The molecule has 0 aromatic heterocycles. The van der Waals surface area contributed by atoms with E-state index in [4.69, 9.17) is 9.47 Å². The van der Waals surface area contributed by atoms with Crippen LogP contribution in [0.2, 0.25) is 0 Å². The Bertz CT molecular complexity index is 196. The highest BCUT2D eigenvalue weighted by Gasteiger charge is 2.26. The average Bonchev–Trinajstić information content (AvgIpc) is 2.51. The van der Waals surface area contributed by atoms with Crippen molar-refractivity contribution in [1.82, 2.24) is 5.32 Å². The molecular formula is C10H19NO3. The summed E-state index contributed by atoms with van der Waals surface area (Å²) in [6, 6.07) is 0. The zero-order valence-electron chi connectivity index (χ0n) is 9.08. The Morgan fingerprint density at radius 2 is 2.43 bits per heavy atom. The van der Waals surface area contributed by atoms with Gasteiger partial charge in [-0.1, -0.05) is 20.3 Å². The summed E-state index contributed by atoms with van der Waals surface area (Å²) in [5.41, 5.74) is 0. The van der Waals surface area contributed by atoms with E-state index in [9.17, 15) is 4.79 Å². The van der Waals surface area contributed by atoms with E-state index in [2.05, 4.69) is 19.2 Å². The third-order valence-electron chi connectivity index (χ3n) is 2.44. The fourth-order valence-corrected chi connectivity index (χ4v) is 1.44. The zero-order chi connectivity index (χ0) is 10.6. The van der Waals surface area contributed by atoms with Crippen LogP contribution in [0.5, 0.6) is 0 Å². The summed E-state index contributed by atoms with van der Waals surface area (Å²) >= 11 is 0. The molecular weight excluding hydrogens is 182 g/mol. The molecule has 3 atom stereocenters. The Morgan fingerprint density at radius 3 is 3.00 bits per heavy atom. The van der Waals surface area contributed by atoms with Gasteiger partial charge in [0.15, 0.2) is 6.23 Å². The maximum atomic E-state index is 10.7. The van der Waals surface area contributed by atoms with Crippen LogP contribution in [0.4, 0.5) is 0 Å². The van der Waals surface area contributed by atoms with Crippen molar-refractivity contribution in [3.05, 3.63) is 0 Å². The van der Waals surface area contributed by atoms with Gasteiger partial charge in [-0.2, -0.15) is 0 Å². The Labute approximate surface area is 85.0 Å². The summed E-state index contributed by atoms with van der Waals surface area (Å²) < 4.78 is 10.4. The molecule has 14 heavy (non-hydrogen) atoms. The van der Waals surface area contributed by atoms with Crippen LogP contribution in [0, 0.1) is 5.92 Å². The molecule has 1 aliphatic heterocycles. The first-order valence-electron chi connectivity index (χ1n) is 5.16. The van der Waals surface area contributed by atoms with Gasteiger partial charge in [-0.3, -0.25) is 10.1 Å². The number of esters is 1. The minimum Gasteiger partial charge on any atom is -0.444 e. The van der Waals surface area contributed by atoms with Gasteiger partial charge in [-0.15, -0.1) is 0 Å². The fourth-order valence-electron chi connectivity index (χ4n) is 1.44. The van der Waals surface area contributed by atoms with Crippen molar-refractivity contribution in [2.45, 2.75) is 46.1 Å². The summed E-state index contributed by atoms with van der Waals surface area (Å²) in [6.07, 6.45) is 1.88. The molecule has 1 rings (SSSR count). The number of rotatable bonds is 4. The second-order valence-electron chi connectivity index (χ2n) is 3.84. The Hall–Kier alpha value is -0.610. The number of carbonyl (C=O) groups excluding carboxylic acids is 1. The van der Waals surface area contributed by atoms with E-state index in [-0.39, 0.29) is 18.4 Å². The third-order valence-corrected chi connectivity index (χ3v) is 2.44. The van der Waals surface area contributed by atoms with E-state index in [0.717, 1.165) is 12.8 Å². The van der Waals surface area contributed by atoms with Crippen LogP contribution in [0.3, 0.4) is 0 Å². The molecule has 1 heterocycles. The van der Waals surface area contributed by atoms with Crippen molar-refractivity contribution < 1.29 is 14.3 Å². The first-order chi connectivity index (χ1) is 6.61. The number of nitrogens with one attached hydrogen (secondary N) is 1. The van der Waals surface area contributed by atoms with Gasteiger partial charge >= 0.3 is 5.97 Å². The summed E-state index contributed by atoms with van der Waals surface area (Å²) in [5, 5.41) is 3.12. The highest BCUT2D eigenvalue weighted by atomic mass is 16.6. The summed E-state index contributed by atoms with van der Waals surface area (Å²) in [4.78, 5) is 10.7. The molecule has 0 amide bonds. The molecule has 82 valence electrons. The van der Waals surface area contributed by atoms with Crippen LogP contribution in [-0.2, 0) is 14.3 Å². The van der Waals surface area contributed by atoms with Crippen LogP contribution < -0.4 is 5.32 Å². The minimum absolute atomic E-state index is 0.0364. The molecule has 0 saturated carbocycles. The highest BCUT2D eigenvalue weighted by Crippen LogP contribution is 2.15. The van der Waals surface area contributed by atoms with Gasteiger partial charge in [-0.05, 0) is 12.3 Å². The van der Waals surface area contributed by atoms with Gasteiger partial charge in [0, 0.05) is 6.92 Å². The van der Waals surface area contributed by atoms with Crippen molar-refractivity contribution in [3.63, 3.8) is 0 Å². The highest BCUT2D eigenvalue weighted by molar-refractivity contribution is 5.66. The van der Waals surface area contributed by atoms with Gasteiger partial charge < -0.3 is 9.47 Å². The molecule has 4 nitrogen and oxygen atoms in total. The fraction of sp³-hybridized carbons (Fsp3) is 0.900. The minimum atomic E-state index is -0.268. The molecule has 0 aliphatic carbocycles. The predicted molar refractivity (Wildman–Crippen MR) is 52.5 cm³/mol. The molecule has 0 spiro atoms. The largest absolute Gasteiger partial charge is 0.444 e. The Balaban J connectivity index is 2.23. The molecule has 0 radical (unpaired) electrons. The monoisotopic (exact) mass is 201 g/mol. The number of hydrogen-bond acceptors (Lipinski definition) is 4. The smallest absolute Gasteiger partial charge is 0.304 e. The van der Waals surface area contributed by atoms with Crippen molar-refractivity contribution >= 4 is 5.97 Å². The van der Waals surface area contributed by atoms with E-state index in [1.807, 2.05) is 0 Å². The third kappa shape index (κ3) is 3.64. The average molecular weight is 201 g/mol. The van der Waals surface area contributed by atoms with Gasteiger partial charge in [0.2, 0.25) is 0 Å². The van der Waals surface area contributed by atoms with E-state index >= 15 is 0 Å². The van der Waals surface area contributed by atoms with Crippen molar-refractivity contribution in [3.8, 4) is 0 Å². The summed E-state index contributed by atoms with van der Waals surface area (Å²) in [6.45, 7) is 6.21. The molecule has 1 fully saturated rings. The lowest BCUT2D eigenvalue weighted by Crippen LogP contribution is -2.34. The molecule has 0 aromatic carbocycles. The number of ether oxygens (including phenoxy) is 2. The van der Waals surface area contributed by atoms with E-state index < -0.39 is 0 Å². The maximum Gasteiger partial charge on any atom is 0.304 e. The molecule has 1 N–H and O–H groups in total. The van der Waals surface area contributed by atoms with E-state index in [0.29, 0.717) is 12.5 Å². The summed E-state index contributed by atoms with van der Waals surface area (Å²) in [7, 11) is 0. The van der Waals surface area contributed by atoms with Crippen molar-refractivity contribution in [1.29, 1.82) is 0 Å². The SMILES string of the molecule is CCC(C)CC1NC(OC(C)=O)CO1. The molecule has 1 saturated heterocycles. The second kappa shape index (κ2) is 5.32. The lowest BCUT2D eigenvalue weighted by Gasteiger charge is -2.15. The van der Waals surface area contributed by atoms with Crippen LogP contribution in [0.15, 0.2) is 0 Å². The van der Waals surface area contributed by atoms with E-state index in [1.54, 1.807) is 0 Å². The van der Waals surface area contributed by atoms with E-state index in [1.165, 1.54) is 6.92 Å². The maximum absolute atomic E-state index is 10.7. The predicted octanol–water partition coefficient (Wildman–Crippen LogP) is 1.26. The molecule has 0 bridgehead atoms. The molecule has 1 aliphatic rings. The first-order valence-corrected chi connectivity index (χ1v) is 5.16. The second-order valence-corrected chi connectivity index (χ2v) is 3.84. The zero-order valence-corrected chi connectivity index (χ0v) is 9.08. The quantitative estimate of drug-likeness (QED) is 0.696. The Morgan fingerprint density at radius 1 is 1.71 bits per heavy atom. The molecule has 0 aromatic rings.